The van der Waals surface area contributed by atoms with Crippen LogP contribution in [-0.4, -0.2) is 38.9 Å². The van der Waals surface area contributed by atoms with Gasteiger partial charge in [-0.2, -0.15) is 26.3 Å². The van der Waals surface area contributed by atoms with E-state index in [1.807, 2.05) is 21.7 Å². The van der Waals surface area contributed by atoms with Gasteiger partial charge in [-0.15, -0.1) is 0 Å². The molecule has 0 N–H and O–H groups in total. The first-order valence-electron chi connectivity index (χ1n) is 5.52. The summed E-state index contributed by atoms with van der Waals surface area (Å²) >= 11 is 1.55. The smallest absolute Gasteiger partial charge is 0.254 e. The number of carbonyl (C=O) groups is 1. The number of rotatable bonds is 2. The van der Waals surface area contributed by atoms with Crippen LogP contribution >= 0.6 is 11.3 Å². The zero-order chi connectivity index (χ0) is 11.7. The SMILES string of the molecule is O=C(c1ccsc1)N1CC[C@H](n2nccn2)C1. The predicted octanol–water partition coefficient (Wildman–Crippen LogP) is 1.43. The molecular weight excluding hydrogens is 236 g/mol. The van der Waals surface area contributed by atoms with E-state index in [4.69, 9.17) is 0 Å². The molecule has 0 radical (unpaired) electrons. The van der Waals surface area contributed by atoms with Gasteiger partial charge in [0.2, 0.25) is 0 Å². The van der Waals surface area contributed by atoms with Crippen molar-refractivity contribution in [1.29, 1.82) is 0 Å². The van der Waals surface area contributed by atoms with Crippen LogP contribution in [0.25, 0.3) is 0 Å². The number of likely N-dealkylation sites (tertiary alicyclic amines) is 1. The number of aromatic nitrogens is 3. The lowest BCUT2D eigenvalue weighted by atomic mass is 10.3. The number of hydrogen-bond donors (Lipinski definition) is 0. The largest absolute Gasteiger partial charge is 0.336 e. The molecular formula is C11H12N4OS. The van der Waals surface area contributed by atoms with E-state index in [2.05, 4.69) is 10.2 Å². The number of carbonyl (C=O) groups excluding carboxylic acids is 1. The van der Waals surface area contributed by atoms with E-state index in [0.717, 1.165) is 18.5 Å². The standard InChI is InChI=1S/C11H12N4OS/c16-11(9-2-6-17-8-9)14-5-1-10(7-14)15-12-3-4-13-15/h2-4,6,8,10H,1,5,7H2/t10-/m0/s1. The summed E-state index contributed by atoms with van der Waals surface area (Å²) in [6.45, 7) is 1.48. The minimum Gasteiger partial charge on any atom is -0.336 e. The fourth-order valence-electron chi connectivity index (χ4n) is 2.10. The second kappa shape index (κ2) is 4.29. The molecule has 0 aliphatic carbocycles. The molecule has 3 heterocycles. The van der Waals surface area contributed by atoms with Crippen molar-refractivity contribution in [2.24, 2.45) is 0 Å². The summed E-state index contributed by atoms with van der Waals surface area (Å²) in [4.78, 5) is 15.7. The topological polar surface area (TPSA) is 51.0 Å². The minimum atomic E-state index is 0.112. The normalized spacial score (nSPS) is 19.8. The lowest BCUT2D eigenvalue weighted by Gasteiger charge is -2.15. The lowest BCUT2D eigenvalue weighted by molar-refractivity contribution is 0.0786. The van der Waals surface area contributed by atoms with Gasteiger partial charge < -0.3 is 4.90 Å². The van der Waals surface area contributed by atoms with Gasteiger partial charge in [0.15, 0.2) is 0 Å². The van der Waals surface area contributed by atoms with Gasteiger partial charge in [0, 0.05) is 18.5 Å². The quantitative estimate of drug-likeness (QED) is 0.807. The summed E-state index contributed by atoms with van der Waals surface area (Å²) < 4.78 is 0. The van der Waals surface area contributed by atoms with Gasteiger partial charge in [0.05, 0.1) is 24.0 Å². The summed E-state index contributed by atoms with van der Waals surface area (Å²) in [6.07, 6.45) is 4.26. The molecule has 0 saturated carbocycles. The maximum absolute atomic E-state index is 12.1. The number of hydrogen-bond acceptors (Lipinski definition) is 4. The first-order valence-corrected chi connectivity index (χ1v) is 6.46. The van der Waals surface area contributed by atoms with Gasteiger partial charge in [-0.05, 0) is 17.9 Å². The molecule has 1 atom stereocenters. The maximum atomic E-state index is 12.1. The molecule has 1 amide bonds. The van der Waals surface area contributed by atoms with Crippen molar-refractivity contribution < 1.29 is 4.79 Å². The van der Waals surface area contributed by atoms with Gasteiger partial charge in [-0.3, -0.25) is 4.79 Å². The van der Waals surface area contributed by atoms with Crippen LogP contribution in [0.15, 0.2) is 29.2 Å². The molecule has 1 fully saturated rings. The van der Waals surface area contributed by atoms with Crippen molar-refractivity contribution in [2.75, 3.05) is 13.1 Å². The van der Waals surface area contributed by atoms with Crippen LogP contribution in [0.2, 0.25) is 0 Å². The fraction of sp³-hybridized carbons (Fsp3) is 0.364. The minimum absolute atomic E-state index is 0.112. The molecule has 0 aromatic carbocycles. The third kappa shape index (κ3) is 1.95. The molecule has 88 valence electrons. The molecule has 2 aromatic heterocycles. The van der Waals surface area contributed by atoms with E-state index < -0.39 is 0 Å². The van der Waals surface area contributed by atoms with E-state index in [-0.39, 0.29) is 11.9 Å². The van der Waals surface area contributed by atoms with E-state index in [9.17, 15) is 4.79 Å². The lowest BCUT2D eigenvalue weighted by Crippen LogP contribution is -2.29. The van der Waals surface area contributed by atoms with Gasteiger partial charge in [0.1, 0.15) is 0 Å². The highest BCUT2D eigenvalue weighted by Crippen LogP contribution is 2.22. The zero-order valence-electron chi connectivity index (χ0n) is 9.19. The van der Waals surface area contributed by atoms with Gasteiger partial charge in [-0.25, -0.2) is 0 Å². The molecule has 5 nitrogen and oxygen atoms in total. The summed E-state index contributed by atoms with van der Waals surface area (Å²) in [5.41, 5.74) is 0.782. The molecule has 1 aliphatic rings. The third-order valence-corrected chi connectivity index (χ3v) is 3.67. The zero-order valence-corrected chi connectivity index (χ0v) is 10.0. The summed E-state index contributed by atoms with van der Waals surface area (Å²) in [5.74, 6) is 0.112. The first kappa shape index (κ1) is 10.5. The molecule has 0 spiro atoms. The molecule has 0 unspecified atom stereocenters. The predicted molar refractivity (Wildman–Crippen MR) is 63.9 cm³/mol. The van der Waals surface area contributed by atoms with Crippen molar-refractivity contribution in [3.63, 3.8) is 0 Å². The molecule has 0 bridgehead atoms. The third-order valence-electron chi connectivity index (χ3n) is 2.98. The van der Waals surface area contributed by atoms with Crippen LogP contribution in [0.4, 0.5) is 0 Å². The molecule has 17 heavy (non-hydrogen) atoms. The highest BCUT2D eigenvalue weighted by atomic mass is 32.1. The van der Waals surface area contributed by atoms with Crippen LogP contribution in [0.3, 0.4) is 0 Å². The van der Waals surface area contributed by atoms with E-state index in [0.29, 0.717) is 6.54 Å². The second-order valence-electron chi connectivity index (χ2n) is 4.06. The second-order valence-corrected chi connectivity index (χ2v) is 4.84. The van der Waals surface area contributed by atoms with Crippen molar-refractivity contribution >= 4 is 17.2 Å². The maximum Gasteiger partial charge on any atom is 0.254 e. The van der Waals surface area contributed by atoms with Crippen LogP contribution in [0.5, 0.6) is 0 Å². The Labute approximate surface area is 103 Å². The Morgan fingerprint density at radius 2 is 2.24 bits per heavy atom. The summed E-state index contributed by atoms with van der Waals surface area (Å²) in [6, 6.07) is 2.08. The Bertz CT molecular complexity index is 494. The van der Waals surface area contributed by atoms with Gasteiger partial charge in [0.25, 0.3) is 5.91 Å². The first-order chi connectivity index (χ1) is 8.34. The van der Waals surface area contributed by atoms with Crippen molar-refractivity contribution in [2.45, 2.75) is 12.5 Å². The van der Waals surface area contributed by atoms with E-state index >= 15 is 0 Å². The highest BCUT2D eigenvalue weighted by Gasteiger charge is 2.28. The molecule has 2 aromatic rings. The summed E-state index contributed by atoms with van der Waals surface area (Å²) in [5, 5.41) is 12.1. The Morgan fingerprint density at radius 3 is 2.94 bits per heavy atom. The monoisotopic (exact) mass is 248 g/mol. The fourth-order valence-corrected chi connectivity index (χ4v) is 2.73. The van der Waals surface area contributed by atoms with Crippen molar-refractivity contribution in [3.05, 3.63) is 34.8 Å². The Hall–Kier alpha value is -1.69. The summed E-state index contributed by atoms with van der Waals surface area (Å²) in [7, 11) is 0. The van der Waals surface area contributed by atoms with Crippen molar-refractivity contribution in [3.8, 4) is 0 Å². The Morgan fingerprint density at radius 1 is 1.41 bits per heavy atom. The number of thiophene rings is 1. The number of nitrogens with zero attached hydrogens (tertiary/aromatic N) is 4. The average molecular weight is 248 g/mol. The molecule has 1 saturated heterocycles. The Kier molecular flexibility index (Phi) is 2.64. The van der Waals surface area contributed by atoms with Crippen molar-refractivity contribution in [1.82, 2.24) is 19.9 Å². The molecule has 1 aliphatic heterocycles. The molecule has 3 rings (SSSR count). The number of amides is 1. The molecule has 6 heteroatoms. The Balaban J connectivity index is 1.70. The van der Waals surface area contributed by atoms with Crippen LogP contribution in [0, 0.1) is 0 Å². The van der Waals surface area contributed by atoms with Crippen LogP contribution in [0.1, 0.15) is 22.8 Å². The van der Waals surface area contributed by atoms with Crippen LogP contribution in [-0.2, 0) is 0 Å². The van der Waals surface area contributed by atoms with Gasteiger partial charge in [-0.1, -0.05) is 0 Å². The average Bonchev–Trinajstić information content (AvgIpc) is 3.09. The highest BCUT2D eigenvalue weighted by molar-refractivity contribution is 7.08. The van der Waals surface area contributed by atoms with Gasteiger partial charge >= 0.3 is 0 Å². The van der Waals surface area contributed by atoms with E-state index in [1.54, 1.807) is 28.5 Å². The van der Waals surface area contributed by atoms with Crippen LogP contribution < -0.4 is 0 Å². The van der Waals surface area contributed by atoms with E-state index in [1.165, 1.54) is 0 Å².